The fourth-order valence-corrected chi connectivity index (χ4v) is 1.85. The van der Waals surface area contributed by atoms with Gasteiger partial charge < -0.3 is 9.84 Å². The van der Waals surface area contributed by atoms with Crippen molar-refractivity contribution in [2.45, 2.75) is 20.0 Å². The third-order valence-corrected chi connectivity index (χ3v) is 2.97. The van der Waals surface area contributed by atoms with Gasteiger partial charge >= 0.3 is 5.97 Å². The van der Waals surface area contributed by atoms with Crippen LogP contribution in [0.15, 0.2) is 42.5 Å². The number of ether oxygens (including phenoxy) is 1. The van der Waals surface area contributed by atoms with E-state index in [1.165, 1.54) is 12.1 Å². The normalized spacial score (nSPS) is 10.3. The third kappa shape index (κ3) is 3.35. The second kappa shape index (κ2) is 6.19. The number of aromatic carboxylic acids is 1. The molecule has 0 saturated carbocycles. The molecule has 2 aromatic rings. The zero-order chi connectivity index (χ0) is 14.5. The van der Waals surface area contributed by atoms with Crippen LogP contribution in [0.4, 0.5) is 4.39 Å². The van der Waals surface area contributed by atoms with Gasteiger partial charge in [0.05, 0.1) is 5.56 Å². The van der Waals surface area contributed by atoms with Crippen molar-refractivity contribution in [1.82, 2.24) is 0 Å². The lowest BCUT2D eigenvalue weighted by Gasteiger charge is -2.08. The molecule has 2 rings (SSSR count). The van der Waals surface area contributed by atoms with Gasteiger partial charge in [-0.15, -0.1) is 0 Å². The molecule has 20 heavy (non-hydrogen) atoms. The standard InChI is InChI=1S/C16H15FO3/c1-2-11-4-3-5-13(8-11)20-10-12-6-7-15(17)14(9-12)16(18)19/h3-9H,2,10H2,1H3,(H,18,19). The van der Waals surface area contributed by atoms with Gasteiger partial charge in [0.15, 0.2) is 0 Å². The number of rotatable bonds is 5. The van der Waals surface area contributed by atoms with E-state index in [4.69, 9.17) is 9.84 Å². The average Bonchev–Trinajstić information content (AvgIpc) is 2.46. The van der Waals surface area contributed by atoms with Crippen LogP contribution in [0.25, 0.3) is 0 Å². The van der Waals surface area contributed by atoms with E-state index in [1.54, 1.807) is 0 Å². The molecule has 0 saturated heterocycles. The van der Waals surface area contributed by atoms with Crippen molar-refractivity contribution in [3.05, 3.63) is 65.0 Å². The summed E-state index contributed by atoms with van der Waals surface area (Å²) in [6.45, 7) is 2.26. The minimum absolute atomic E-state index is 0.202. The fraction of sp³-hybridized carbons (Fsp3) is 0.188. The number of aryl methyl sites for hydroxylation is 1. The minimum Gasteiger partial charge on any atom is -0.489 e. The minimum atomic E-state index is -1.28. The van der Waals surface area contributed by atoms with Crippen LogP contribution in [-0.4, -0.2) is 11.1 Å². The summed E-state index contributed by atoms with van der Waals surface area (Å²) >= 11 is 0. The molecule has 0 bridgehead atoms. The first-order valence-corrected chi connectivity index (χ1v) is 6.33. The SMILES string of the molecule is CCc1cccc(OCc2ccc(F)c(C(=O)O)c2)c1. The quantitative estimate of drug-likeness (QED) is 0.905. The van der Waals surface area contributed by atoms with Gasteiger partial charge in [0.25, 0.3) is 0 Å². The molecule has 104 valence electrons. The summed E-state index contributed by atoms with van der Waals surface area (Å²) in [5.41, 5.74) is 1.44. The third-order valence-electron chi connectivity index (χ3n) is 2.97. The van der Waals surface area contributed by atoms with Crippen molar-refractivity contribution in [1.29, 1.82) is 0 Å². The number of carbonyl (C=O) groups is 1. The molecule has 4 heteroatoms. The lowest BCUT2D eigenvalue weighted by molar-refractivity contribution is 0.0691. The van der Waals surface area contributed by atoms with Crippen LogP contribution in [0.3, 0.4) is 0 Å². The predicted molar refractivity (Wildman–Crippen MR) is 73.5 cm³/mol. The maximum Gasteiger partial charge on any atom is 0.338 e. The Morgan fingerprint density at radius 3 is 2.70 bits per heavy atom. The molecule has 0 aliphatic rings. The van der Waals surface area contributed by atoms with E-state index in [9.17, 15) is 9.18 Å². The second-order valence-electron chi connectivity index (χ2n) is 4.41. The highest BCUT2D eigenvalue weighted by Crippen LogP contribution is 2.17. The van der Waals surface area contributed by atoms with E-state index >= 15 is 0 Å². The molecule has 0 heterocycles. The Morgan fingerprint density at radius 2 is 2.00 bits per heavy atom. The van der Waals surface area contributed by atoms with Crippen molar-refractivity contribution < 1.29 is 19.0 Å². The number of halogens is 1. The summed E-state index contributed by atoms with van der Waals surface area (Å²) < 4.78 is 18.9. The van der Waals surface area contributed by atoms with Gasteiger partial charge in [-0.25, -0.2) is 9.18 Å². The number of hydrogen-bond acceptors (Lipinski definition) is 2. The molecule has 0 aliphatic heterocycles. The van der Waals surface area contributed by atoms with Crippen LogP contribution in [0.5, 0.6) is 5.75 Å². The molecule has 3 nitrogen and oxygen atoms in total. The lowest BCUT2D eigenvalue weighted by Crippen LogP contribution is -2.03. The van der Waals surface area contributed by atoms with Gasteiger partial charge in [0.2, 0.25) is 0 Å². The smallest absolute Gasteiger partial charge is 0.338 e. The van der Waals surface area contributed by atoms with Gasteiger partial charge in [-0.3, -0.25) is 0 Å². The zero-order valence-electron chi connectivity index (χ0n) is 11.1. The second-order valence-corrected chi connectivity index (χ2v) is 4.41. The Labute approximate surface area is 116 Å². The van der Waals surface area contributed by atoms with Crippen LogP contribution < -0.4 is 4.74 Å². The van der Waals surface area contributed by atoms with E-state index in [0.717, 1.165) is 18.1 Å². The van der Waals surface area contributed by atoms with Gasteiger partial charge in [-0.05, 0) is 41.8 Å². The average molecular weight is 274 g/mol. The zero-order valence-corrected chi connectivity index (χ0v) is 11.1. The first-order valence-electron chi connectivity index (χ1n) is 6.33. The summed E-state index contributed by atoms with van der Waals surface area (Å²) in [5.74, 6) is -1.31. The van der Waals surface area contributed by atoms with Gasteiger partial charge in [-0.2, -0.15) is 0 Å². The van der Waals surface area contributed by atoms with Gasteiger partial charge in [0.1, 0.15) is 18.2 Å². The molecule has 0 atom stereocenters. The van der Waals surface area contributed by atoms with Crippen molar-refractivity contribution in [2.75, 3.05) is 0 Å². The summed E-state index contributed by atoms with van der Waals surface area (Å²) in [6, 6.07) is 11.6. The highest BCUT2D eigenvalue weighted by atomic mass is 19.1. The molecule has 2 aromatic carbocycles. The monoisotopic (exact) mass is 274 g/mol. The number of benzene rings is 2. The molecule has 0 spiro atoms. The van der Waals surface area contributed by atoms with Crippen LogP contribution in [0.1, 0.15) is 28.4 Å². The first kappa shape index (κ1) is 14.1. The summed E-state index contributed by atoms with van der Waals surface area (Å²) in [5, 5.41) is 8.86. The summed E-state index contributed by atoms with van der Waals surface area (Å²) in [6.07, 6.45) is 0.914. The van der Waals surface area contributed by atoms with Gasteiger partial charge in [0, 0.05) is 0 Å². The molecule has 0 aliphatic carbocycles. The van der Waals surface area contributed by atoms with Crippen molar-refractivity contribution in [3.63, 3.8) is 0 Å². The lowest BCUT2D eigenvalue weighted by atomic mass is 10.1. The Balaban J connectivity index is 2.10. The fourth-order valence-electron chi connectivity index (χ4n) is 1.85. The van der Waals surface area contributed by atoms with Crippen LogP contribution in [-0.2, 0) is 13.0 Å². The van der Waals surface area contributed by atoms with Crippen LogP contribution in [0.2, 0.25) is 0 Å². The predicted octanol–water partition coefficient (Wildman–Crippen LogP) is 3.67. The molecule has 0 aromatic heterocycles. The van der Waals surface area contributed by atoms with E-state index in [0.29, 0.717) is 11.3 Å². The molecule has 0 amide bonds. The maximum absolute atomic E-state index is 13.3. The summed E-state index contributed by atoms with van der Waals surface area (Å²) in [7, 11) is 0. The molecule has 0 fully saturated rings. The van der Waals surface area contributed by atoms with Crippen molar-refractivity contribution >= 4 is 5.97 Å². The number of hydrogen-bond donors (Lipinski definition) is 1. The van der Waals surface area contributed by atoms with E-state index in [1.807, 2.05) is 24.3 Å². The van der Waals surface area contributed by atoms with Crippen molar-refractivity contribution in [2.24, 2.45) is 0 Å². The van der Waals surface area contributed by atoms with Crippen LogP contribution in [0, 0.1) is 5.82 Å². The van der Waals surface area contributed by atoms with E-state index < -0.39 is 11.8 Å². The molecular weight excluding hydrogens is 259 g/mol. The highest BCUT2D eigenvalue weighted by Gasteiger charge is 2.10. The Kier molecular flexibility index (Phi) is 4.35. The molecule has 0 unspecified atom stereocenters. The Hall–Kier alpha value is -2.36. The molecule has 0 radical (unpaired) electrons. The van der Waals surface area contributed by atoms with Crippen LogP contribution >= 0.6 is 0 Å². The van der Waals surface area contributed by atoms with E-state index in [-0.39, 0.29) is 12.2 Å². The topological polar surface area (TPSA) is 46.5 Å². The van der Waals surface area contributed by atoms with E-state index in [2.05, 4.69) is 6.92 Å². The maximum atomic E-state index is 13.3. The van der Waals surface area contributed by atoms with Gasteiger partial charge in [-0.1, -0.05) is 25.1 Å². The van der Waals surface area contributed by atoms with Crippen molar-refractivity contribution in [3.8, 4) is 5.75 Å². The number of carboxylic acid groups (broad SMARTS) is 1. The largest absolute Gasteiger partial charge is 0.489 e. The molecule has 1 N–H and O–H groups in total. The Morgan fingerprint density at radius 1 is 1.20 bits per heavy atom. The highest BCUT2D eigenvalue weighted by molar-refractivity contribution is 5.88. The Bertz CT molecular complexity index is 623. The summed E-state index contributed by atoms with van der Waals surface area (Å²) in [4.78, 5) is 10.9. The molecular formula is C16H15FO3. The first-order chi connectivity index (χ1) is 9.60. The number of carboxylic acids is 1.